The first-order valence-corrected chi connectivity index (χ1v) is 7.10. The largest absolute Gasteiger partial charge is 0.406 e. The molecule has 0 radical (unpaired) electrons. The predicted molar refractivity (Wildman–Crippen MR) is 63.9 cm³/mol. The Morgan fingerprint density at radius 1 is 1.41 bits per heavy atom. The van der Waals surface area contributed by atoms with Gasteiger partial charge in [0.1, 0.15) is 12.4 Å². The van der Waals surface area contributed by atoms with E-state index in [0.717, 1.165) is 24.4 Å². The molecule has 1 aromatic heterocycles. The molecule has 0 amide bonds. The Labute approximate surface area is 109 Å². The van der Waals surface area contributed by atoms with E-state index in [1.807, 2.05) is 0 Å². The zero-order valence-corrected chi connectivity index (χ0v) is 11.3. The van der Waals surface area contributed by atoms with Gasteiger partial charge in [0.25, 0.3) is 0 Å². The molecule has 2 rings (SSSR count). The van der Waals surface area contributed by atoms with Crippen LogP contribution in [0.2, 0.25) is 0 Å². The van der Waals surface area contributed by atoms with Crippen LogP contribution < -0.4 is 4.90 Å². The van der Waals surface area contributed by atoms with Gasteiger partial charge in [0.05, 0.1) is 0 Å². The molecule has 0 aromatic carbocycles. The van der Waals surface area contributed by atoms with Crippen molar-refractivity contribution in [3.63, 3.8) is 0 Å². The fraction of sp³-hybridized carbons (Fsp3) is 0.778. The number of hydrogen-bond acceptors (Lipinski definition) is 4. The number of anilines is 1. The first-order valence-electron chi connectivity index (χ1n) is 5.21. The van der Waals surface area contributed by atoms with Crippen molar-refractivity contribution in [2.75, 3.05) is 23.3 Å². The maximum Gasteiger partial charge on any atom is 0.406 e. The predicted octanol–water partition coefficient (Wildman–Crippen LogP) is 3.18. The second-order valence-electron chi connectivity index (χ2n) is 3.94. The minimum absolute atomic E-state index is 0.277. The summed E-state index contributed by atoms with van der Waals surface area (Å²) in [6, 6.07) is 0. The van der Waals surface area contributed by atoms with Crippen LogP contribution >= 0.6 is 27.5 Å². The highest BCUT2D eigenvalue weighted by atomic mass is 79.9. The highest BCUT2D eigenvalue weighted by molar-refractivity contribution is 9.09. The quantitative estimate of drug-likeness (QED) is 0.777. The first kappa shape index (κ1) is 13.1. The standard InChI is InChI=1S/C9H11BrF3N3S/c10-3-4-16(5-9(11,12)13)8-14-7(15-17-8)6-1-2-6/h6H,1-5H2. The van der Waals surface area contributed by atoms with Crippen LogP contribution in [0.25, 0.3) is 0 Å². The van der Waals surface area contributed by atoms with Crippen molar-refractivity contribution in [1.29, 1.82) is 0 Å². The molecule has 0 aliphatic heterocycles. The van der Waals surface area contributed by atoms with Gasteiger partial charge >= 0.3 is 6.18 Å². The van der Waals surface area contributed by atoms with Gasteiger partial charge in [-0.2, -0.15) is 17.5 Å². The normalized spacial score (nSPS) is 16.2. The van der Waals surface area contributed by atoms with Crippen LogP contribution in [0.4, 0.5) is 18.3 Å². The summed E-state index contributed by atoms with van der Waals surface area (Å²) in [6.45, 7) is -0.698. The molecule has 1 aliphatic carbocycles. The molecule has 0 unspecified atom stereocenters. The number of aromatic nitrogens is 2. The highest BCUT2D eigenvalue weighted by Gasteiger charge is 2.33. The van der Waals surface area contributed by atoms with E-state index >= 15 is 0 Å². The van der Waals surface area contributed by atoms with Crippen LogP contribution in [0.15, 0.2) is 0 Å². The van der Waals surface area contributed by atoms with Crippen LogP contribution in [0.1, 0.15) is 24.6 Å². The minimum atomic E-state index is -4.21. The Morgan fingerprint density at radius 3 is 2.65 bits per heavy atom. The third-order valence-corrected chi connectivity index (χ3v) is 3.51. The Morgan fingerprint density at radius 2 is 2.12 bits per heavy atom. The van der Waals surface area contributed by atoms with Crippen LogP contribution in [-0.2, 0) is 0 Å². The lowest BCUT2D eigenvalue weighted by molar-refractivity contribution is -0.119. The molecule has 1 aromatic rings. The average Bonchev–Trinajstić information content (AvgIpc) is 2.94. The molecule has 1 fully saturated rings. The van der Waals surface area contributed by atoms with Crippen molar-refractivity contribution < 1.29 is 13.2 Å². The number of rotatable bonds is 5. The van der Waals surface area contributed by atoms with Gasteiger partial charge in [0.2, 0.25) is 5.13 Å². The third-order valence-electron chi connectivity index (χ3n) is 2.37. The summed E-state index contributed by atoms with van der Waals surface area (Å²) < 4.78 is 41.3. The number of hydrogen-bond donors (Lipinski definition) is 0. The van der Waals surface area contributed by atoms with Crippen LogP contribution in [-0.4, -0.2) is 34.0 Å². The third kappa shape index (κ3) is 3.80. The fourth-order valence-corrected chi connectivity index (χ4v) is 2.62. The zero-order valence-electron chi connectivity index (χ0n) is 8.87. The van der Waals surface area contributed by atoms with Crippen molar-refractivity contribution in [2.24, 2.45) is 0 Å². The molecule has 8 heteroatoms. The molecular formula is C9H11BrF3N3S. The molecule has 0 bridgehead atoms. The lowest BCUT2D eigenvalue weighted by Gasteiger charge is -2.21. The monoisotopic (exact) mass is 329 g/mol. The molecule has 0 spiro atoms. The average molecular weight is 330 g/mol. The van der Waals surface area contributed by atoms with Crippen molar-refractivity contribution in [3.05, 3.63) is 5.82 Å². The summed E-state index contributed by atoms with van der Waals surface area (Å²) >= 11 is 4.20. The van der Waals surface area contributed by atoms with E-state index in [9.17, 15) is 13.2 Å². The molecule has 1 saturated carbocycles. The van der Waals surface area contributed by atoms with Gasteiger partial charge in [-0.1, -0.05) is 15.9 Å². The first-order chi connectivity index (χ1) is 7.99. The van der Waals surface area contributed by atoms with Gasteiger partial charge in [-0.25, -0.2) is 4.98 Å². The molecule has 0 atom stereocenters. The summed E-state index contributed by atoms with van der Waals surface area (Å²) in [6.07, 6.45) is -2.12. The van der Waals surface area contributed by atoms with E-state index in [1.54, 1.807) is 0 Å². The molecule has 1 heterocycles. The Balaban J connectivity index is 2.07. The van der Waals surface area contributed by atoms with Crippen LogP contribution in [0, 0.1) is 0 Å². The Kier molecular flexibility index (Phi) is 3.92. The Hall–Kier alpha value is -0.370. The van der Waals surface area contributed by atoms with E-state index < -0.39 is 12.7 Å². The fourth-order valence-electron chi connectivity index (χ4n) is 1.42. The minimum Gasteiger partial charge on any atom is -0.337 e. The molecule has 0 saturated heterocycles. The van der Waals surface area contributed by atoms with E-state index in [2.05, 4.69) is 25.3 Å². The second-order valence-corrected chi connectivity index (χ2v) is 5.46. The highest BCUT2D eigenvalue weighted by Crippen LogP contribution is 2.39. The lowest BCUT2D eigenvalue weighted by atomic mass is 10.4. The van der Waals surface area contributed by atoms with E-state index in [4.69, 9.17) is 0 Å². The summed E-state index contributed by atoms with van der Waals surface area (Å²) in [5.41, 5.74) is 0. The smallest absolute Gasteiger partial charge is 0.337 e. The molecule has 3 nitrogen and oxygen atoms in total. The molecular weight excluding hydrogens is 319 g/mol. The van der Waals surface area contributed by atoms with E-state index in [-0.39, 0.29) is 6.54 Å². The van der Waals surface area contributed by atoms with Gasteiger partial charge in [-0.3, -0.25) is 0 Å². The van der Waals surface area contributed by atoms with Crippen molar-refractivity contribution >= 4 is 32.6 Å². The maximum atomic E-state index is 12.4. The Bertz CT molecular complexity index is 378. The number of alkyl halides is 4. The lowest BCUT2D eigenvalue weighted by Crippen LogP contribution is -2.35. The summed E-state index contributed by atoms with van der Waals surface area (Å²) in [5.74, 6) is 1.07. The topological polar surface area (TPSA) is 29.0 Å². The summed E-state index contributed by atoms with van der Waals surface area (Å²) in [5, 5.41) is 0.838. The summed E-state index contributed by atoms with van der Waals surface area (Å²) in [7, 11) is 0. The van der Waals surface area contributed by atoms with Crippen LogP contribution in [0.5, 0.6) is 0 Å². The molecule has 0 N–H and O–H groups in total. The summed E-state index contributed by atoms with van der Waals surface area (Å²) in [4.78, 5) is 5.41. The van der Waals surface area contributed by atoms with E-state index in [1.165, 1.54) is 4.90 Å². The number of halogens is 4. The molecule has 1 aliphatic rings. The van der Waals surface area contributed by atoms with Gasteiger partial charge in [-0.15, -0.1) is 0 Å². The van der Waals surface area contributed by atoms with Crippen molar-refractivity contribution in [2.45, 2.75) is 24.9 Å². The zero-order chi connectivity index (χ0) is 12.5. The number of nitrogens with zero attached hydrogens (tertiary/aromatic N) is 3. The SMILES string of the molecule is FC(F)(F)CN(CCBr)c1nc(C2CC2)ns1. The van der Waals surface area contributed by atoms with Gasteiger partial charge < -0.3 is 4.90 Å². The van der Waals surface area contributed by atoms with Crippen molar-refractivity contribution in [1.82, 2.24) is 9.36 Å². The van der Waals surface area contributed by atoms with Crippen molar-refractivity contribution in [3.8, 4) is 0 Å². The van der Waals surface area contributed by atoms with Gasteiger partial charge in [0, 0.05) is 29.3 Å². The molecule has 96 valence electrons. The second kappa shape index (κ2) is 5.09. The maximum absolute atomic E-state index is 12.4. The molecule has 17 heavy (non-hydrogen) atoms. The van der Waals surface area contributed by atoms with Gasteiger partial charge in [0.15, 0.2) is 0 Å². The van der Waals surface area contributed by atoms with E-state index in [0.29, 0.717) is 22.2 Å². The van der Waals surface area contributed by atoms with Crippen LogP contribution in [0.3, 0.4) is 0 Å². The van der Waals surface area contributed by atoms with Gasteiger partial charge in [-0.05, 0) is 12.8 Å².